The second kappa shape index (κ2) is 9.63. The number of ether oxygens (including phenoxy) is 1. The van der Waals surface area contributed by atoms with E-state index in [1.165, 1.54) is 0 Å². The molecule has 0 aromatic rings. The molecule has 1 aliphatic carbocycles. The normalized spacial score (nSPS) is 24.3. The average molecular weight is 437 g/mol. The van der Waals surface area contributed by atoms with E-state index < -0.39 is 17.5 Å². The number of hydrogen-bond donors (Lipinski definition) is 0. The predicted molar refractivity (Wildman–Crippen MR) is 113 cm³/mol. The van der Waals surface area contributed by atoms with Crippen LogP contribution in [0.1, 0.15) is 74.7 Å². The van der Waals surface area contributed by atoms with Crippen molar-refractivity contribution >= 4 is 29.9 Å². The molecule has 0 spiro atoms. The zero-order valence-electron chi connectivity index (χ0n) is 18.6. The molecule has 164 valence electrons. The summed E-state index contributed by atoms with van der Waals surface area (Å²) in [7, 11) is 0. The van der Waals surface area contributed by atoms with E-state index >= 15 is 0 Å². The van der Waals surface area contributed by atoms with Gasteiger partial charge in [-0.1, -0.05) is 54.9 Å². The molecule has 28 heavy (non-hydrogen) atoms. The van der Waals surface area contributed by atoms with Crippen LogP contribution in [0.2, 0.25) is 0 Å². The highest BCUT2D eigenvalue weighted by atomic mass is 32.7. The number of ketones is 1. The summed E-state index contributed by atoms with van der Waals surface area (Å²) < 4.78 is 28.9. The zero-order valence-corrected chi connectivity index (χ0v) is 20.3. The largest absolute Gasteiger partial charge is 0.465 e. The van der Waals surface area contributed by atoms with E-state index in [1.54, 1.807) is 13.8 Å². The Balaban J connectivity index is 3.25. The van der Waals surface area contributed by atoms with E-state index in [-0.39, 0.29) is 48.8 Å². The fourth-order valence-corrected chi connectivity index (χ4v) is 7.57. The Morgan fingerprint density at radius 2 is 1.64 bits per heavy atom. The van der Waals surface area contributed by atoms with Crippen LogP contribution in [0.5, 0.6) is 0 Å². The molecule has 1 fully saturated rings. The quantitative estimate of drug-likeness (QED) is 0.276. The van der Waals surface area contributed by atoms with Gasteiger partial charge in [0.1, 0.15) is 0 Å². The lowest BCUT2D eigenvalue weighted by Gasteiger charge is -2.37. The summed E-state index contributed by atoms with van der Waals surface area (Å²) in [5, 5.41) is 0. The number of hydrogen-bond acceptors (Lipinski definition) is 7. The van der Waals surface area contributed by atoms with Crippen molar-refractivity contribution in [1.29, 1.82) is 0 Å². The van der Waals surface area contributed by atoms with E-state index in [0.717, 1.165) is 11.4 Å². The van der Waals surface area contributed by atoms with Crippen molar-refractivity contribution in [2.75, 3.05) is 19.8 Å². The molecule has 1 aliphatic rings. The molecule has 0 radical (unpaired) electrons. The van der Waals surface area contributed by atoms with Crippen molar-refractivity contribution in [3.63, 3.8) is 0 Å². The molecule has 1 saturated carbocycles. The first-order chi connectivity index (χ1) is 12.6. The molecule has 0 saturated heterocycles. The van der Waals surface area contributed by atoms with E-state index in [0.29, 0.717) is 12.8 Å². The van der Waals surface area contributed by atoms with Gasteiger partial charge in [-0.25, -0.2) is 4.57 Å². The maximum Gasteiger partial charge on any atom is 0.390 e. The molecule has 0 amide bonds. The zero-order chi connectivity index (χ0) is 21.8. The summed E-state index contributed by atoms with van der Waals surface area (Å²) in [6, 6.07) is 0. The third-order valence-corrected chi connectivity index (χ3v) is 8.43. The van der Waals surface area contributed by atoms with E-state index in [4.69, 9.17) is 13.8 Å². The van der Waals surface area contributed by atoms with Crippen molar-refractivity contribution in [1.82, 2.24) is 0 Å². The number of rotatable bonds is 8. The summed E-state index contributed by atoms with van der Waals surface area (Å²) in [6.07, 6.45) is 1.66. The first-order valence-corrected chi connectivity index (χ1v) is 12.9. The van der Waals surface area contributed by atoms with Gasteiger partial charge < -0.3 is 13.8 Å². The van der Waals surface area contributed by atoms with Crippen LogP contribution in [-0.4, -0.2) is 36.3 Å². The second-order valence-corrected chi connectivity index (χ2v) is 14.1. The van der Waals surface area contributed by atoms with Gasteiger partial charge in [0.25, 0.3) is 0 Å². The van der Waals surface area contributed by atoms with Crippen LogP contribution >= 0.6 is 18.2 Å². The maximum atomic E-state index is 13.7. The molecule has 0 bridgehead atoms. The lowest BCUT2D eigenvalue weighted by Crippen LogP contribution is -2.49. The van der Waals surface area contributed by atoms with Gasteiger partial charge in [-0.3, -0.25) is 9.59 Å². The standard InChI is InChI=1S/C20H37O6PS/c1-9-24-17(22)20(12-10-11-15(2)16(20)21)28-27(23,25-13-18(3,4)5)26-14-19(6,7)8/h15H,9-14H2,1-8H3/t15-,20-/m1/s1. The number of carbonyl (C=O) groups is 2. The molecule has 0 unspecified atom stereocenters. The van der Waals surface area contributed by atoms with Gasteiger partial charge >= 0.3 is 12.8 Å². The lowest BCUT2D eigenvalue weighted by atomic mass is 9.80. The minimum absolute atomic E-state index is 0.152. The summed E-state index contributed by atoms with van der Waals surface area (Å²) in [5.41, 5.74) is -0.495. The number of carbonyl (C=O) groups excluding carboxylic acids is 2. The molecule has 0 heterocycles. The van der Waals surface area contributed by atoms with Gasteiger partial charge in [0.05, 0.1) is 19.8 Å². The van der Waals surface area contributed by atoms with Gasteiger partial charge in [0.15, 0.2) is 10.5 Å². The van der Waals surface area contributed by atoms with Crippen LogP contribution < -0.4 is 0 Å². The Morgan fingerprint density at radius 3 is 2.07 bits per heavy atom. The Morgan fingerprint density at radius 1 is 1.14 bits per heavy atom. The average Bonchev–Trinajstić information content (AvgIpc) is 2.55. The van der Waals surface area contributed by atoms with Gasteiger partial charge in [0.2, 0.25) is 0 Å². The molecular formula is C20H37O6PS. The van der Waals surface area contributed by atoms with Gasteiger partial charge in [-0.05, 0) is 42.0 Å². The SMILES string of the molecule is CCOC(=O)[C@@]1(SP(=O)(OCC(C)(C)C)OCC(C)(C)C)CCC[C@@H](C)C1=O. The molecule has 1 rings (SSSR count). The molecule has 8 heteroatoms. The Hall–Kier alpha value is -0.360. The van der Waals surface area contributed by atoms with Crippen LogP contribution in [-0.2, 0) is 27.9 Å². The van der Waals surface area contributed by atoms with Gasteiger partial charge in [0, 0.05) is 5.92 Å². The summed E-state index contributed by atoms with van der Waals surface area (Å²) in [6.45, 7) is 12.0. The second-order valence-electron chi connectivity index (χ2n) is 9.91. The Bertz CT molecular complexity index is 585. The molecule has 0 aromatic carbocycles. The highest BCUT2D eigenvalue weighted by Gasteiger charge is 2.56. The Labute approximate surface area is 174 Å². The van der Waals surface area contributed by atoms with Crippen molar-refractivity contribution in [2.24, 2.45) is 16.7 Å². The third kappa shape index (κ3) is 7.47. The Kier molecular flexibility index (Phi) is 8.83. The fourth-order valence-electron chi connectivity index (χ4n) is 2.71. The van der Waals surface area contributed by atoms with Gasteiger partial charge in [-0.2, -0.15) is 0 Å². The summed E-state index contributed by atoms with van der Waals surface area (Å²) in [5.74, 6) is -1.19. The van der Waals surface area contributed by atoms with E-state index in [2.05, 4.69) is 0 Å². The molecular weight excluding hydrogens is 399 g/mol. The molecule has 0 aromatic heterocycles. The van der Waals surface area contributed by atoms with Crippen molar-refractivity contribution < 1.29 is 27.9 Å². The third-order valence-electron chi connectivity index (χ3n) is 4.20. The van der Waals surface area contributed by atoms with Crippen molar-refractivity contribution in [3.05, 3.63) is 0 Å². The van der Waals surface area contributed by atoms with E-state index in [1.807, 2.05) is 41.5 Å². The fraction of sp³-hybridized carbons (Fsp3) is 0.900. The van der Waals surface area contributed by atoms with Crippen LogP contribution in [0.4, 0.5) is 0 Å². The highest BCUT2D eigenvalue weighted by Crippen LogP contribution is 2.68. The number of Topliss-reactive ketones (excluding diaryl/α,β-unsaturated/α-hetero) is 1. The summed E-state index contributed by atoms with van der Waals surface area (Å²) in [4.78, 5) is 25.9. The smallest absolute Gasteiger partial charge is 0.390 e. The molecule has 6 nitrogen and oxygen atoms in total. The van der Waals surface area contributed by atoms with Crippen LogP contribution in [0, 0.1) is 16.7 Å². The summed E-state index contributed by atoms with van der Waals surface area (Å²) >= 11 is 0.744. The van der Waals surface area contributed by atoms with Crippen LogP contribution in [0.15, 0.2) is 0 Å². The van der Waals surface area contributed by atoms with Gasteiger partial charge in [-0.15, -0.1) is 0 Å². The van der Waals surface area contributed by atoms with Crippen molar-refractivity contribution in [3.8, 4) is 0 Å². The molecule has 0 N–H and O–H groups in total. The molecule has 2 atom stereocenters. The first kappa shape index (κ1) is 25.7. The lowest BCUT2D eigenvalue weighted by molar-refractivity contribution is -0.151. The van der Waals surface area contributed by atoms with Crippen molar-refractivity contribution in [2.45, 2.75) is 79.4 Å². The molecule has 0 aliphatic heterocycles. The van der Waals surface area contributed by atoms with E-state index in [9.17, 15) is 14.2 Å². The maximum absolute atomic E-state index is 13.7. The topological polar surface area (TPSA) is 78.9 Å². The minimum Gasteiger partial charge on any atom is -0.465 e. The predicted octanol–water partition coefficient (Wildman–Crippen LogP) is 5.64. The number of esters is 1. The van der Waals surface area contributed by atoms with Crippen LogP contribution in [0.3, 0.4) is 0 Å². The minimum atomic E-state index is -3.79. The van der Waals surface area contributed by atoms with Crippen LogP contribution in [0.25, 0.3) is 0 Å². The first-order valence-electron chi connectivity index (χ1n) is 9.95. The monoisotopic (exact) mass is 436 g/mol. The highest BCUT2D eigenvalue weighted by molar-refractivity contribution is 8.56.